The van der Waals surface area contributed by atoms with Crippen molar-refractivity contribution in [2.75, 3.05) is 25.1 Å². The van der Waals surface area contributed by atoms with E-state index in [1.165, 1.54) is 0 Å². The molecular formula is C12H18N2O3S. The fourth-order valence-electron chi connectivity index (χ4n) is 2.11. The lowest BCUT2D eigenvalue weighted by Crippen LogP contribution is -2.17. The number of aryl methyl sites for hydroxylation is 1. The predicted molar refractivity (Wildman–Crippen MR) is 70.4 cm³/mol. The van der Waals surface area contributed by atoms with Gasteiger partial charge in [-0.25, -0.2) is 4.98 Å². The number of hydrogen-bond donors (Lipinski definition) is 2. The van der Waals surface area contributed by atoms with Crippen LogP contribution in [0.25, 0.3) is 0 Å². The molecule has 1 aromatic rings. The maximum Gasteiger partial charge on any atom is 0.312 e. The number of carboxylic acid groups (broad SMARTS) is 1. The second-order valence-corrected chi connectivity index (χ2v) is 5.32. The molecule has 0 bridgehead atoms. The average molecular weight is 270 g/mol. The van der Waals surface area contributed by atoms with Gasteiger partial charge in [-0.3, -0.25) is 4.79 Å². The van der Waals surface area contributed by atoms with Gasteiger partial charge in [-0.15, -0.1) is 11.3 Å². The molecule has 0 aliphatic heterocycles. The first kappa shape index (κ1) is 13.3. The van der Waals surface area contributed by atoms with Crippen molar-refractivity contribution in [3.8, 4) is 0 Å². The van der Waals surface area contributed by atoms with E-state index in [0.717, 1.165) is 28.5 Å². The number of thiazole rings is 1. The summed E-state index contributed by atoms with van der Waals surface area (Å²) in [5, 5.41) is 13.2. The van der Waals surface area contributed by atoms with Crippen LogP contribution in [0.15, 0.2) is 0 Å². The van der Waals surface area contributed by atoms with Crippen LogP contribution in [0, 0.1) is 0 Å². The molecule has 18 heavy (non-hydrogen) atoms. The largest absolute Gasteiger partial charge is 0.481 e. The van der Waals surface area contributed by atoms with Gasteiger partial charge in [-0.05, 0) is 26.2 Å². The van der Waals surface area contributed by atoms with E-state index >= 15 is 0 Å². The number of rotatable bonds is 6. The number of anilines is 1. The van der Waals surface area contributed by atoms with E-state index in [1.807, 2.05) is 6.92 Å². The maximum atomic E-state index is 11.1. The Morgan fingerprint density at radius 1 is 1.67 bits per heavy atom. The second kappa shape index (κ2) is 6.15. The minimum Gasteiger partial charge on any atom is -0.481 e. The molecule has 0 amide bonds. The monoisotopic (exact) mass is 270 g/mol. The summed E-state index contributed by atoms with van der Waals surface area (Å²) >= 11 is 1.57. The smallest absolute Gasteiger partial charge is 0.312 e. The normalized spacial score (nSPS) is 18.4. The summed E-state index contributed by atoms with van der Waals surface area (Å²) in [4.78, 5) is 16.7. The molecule has 0 saturated heterocycles. The van der Waals surface area contributed by atoms with Crippen LogP contribution in [-0.4, -0.2) is 35.8 Å². The van der Waals surface area contributed by atoms with Gasteiger partial charge in [0.15, 0.2) is 5.13 Å². The summed E-state index contributed by atoms with van der Waals surface area (Å²) < 4.78 is 5.24. The Kier molecular flexibility index (Phi) is 4.54. The van der Waals surface area contributed by atoms with E-state index < -0.39 is 11.9 Å². The molecule has 1 aliphatic rings. The molecule has 0 radical (unpaired) electrons. The van der Waals surface area contributed by atoms with Crippen LogP contribution in [0.3, 0.4) is 0 Å². The molecule has 1 atom stereocenters. The van der Waals surface area contributed by atoms with Gasteiger partial charge in [0.05, 0.1) is 12.3 Å². The Hall–Kier alpha value is -1.14. The van der Waals surface area contributed by atoms with Gasteiger partial charge >= 0.3 is 5.97 Å². The van der Waals surface area contributed by atoms with Crippen molar-refractivity contribution in [1.82, 2.24) is 4.98 Å². The number of nitrogens with one attached hydrogen (secondary N) is 1. The van der Waals surface area contributed by atoms with Crippen molar-refractivity contribution >= 4 is 22.4 Å². The van der Waals surface area contributed by atoms with E-state index in [2.05, 4.69) is 10.3 Å². The minimum absolute atomic E-state index is 0.424. The molecule has 1 heterocycles. The van der Waals surface area contributed by atoms with Crippen molar-refractivity contribution < 1.29 is 14.6 Å². The van der Waals surface area contributed by atoms with Crippen LogP contribution in [-0.2, 0) is 16.0 Å². The molecule has 100 valence electrons. The SMILES string of the molecule is CCOCCNc1nc2c(s1)CCCC2C(=O)O. The van der Waals surface area contributed by atoms with Crippen molar-refractivity contribution in [2.45, 2.75) is 32.1 Å². The van der Waals surface area contributed by atoms with Gasteiger partial charge in [-0.1, -0.05) is 0 Å². The Balaban J connectivity index is 2.00. The summed E-state index contributed by atoms with van der Waals surface area (Å²) in [5.74, 6) is -1.19. The highest BCUT2D eigenvalue weighted by Crippen LogP contribution is 2.36. The number of hydrogen-bond acceptors (Lipinski definition) is 5. The lowest BCUT2D eigenvalue weighted by molar-refractivity contribution is -0.139. The standard InChI is InChI=1S/C12H18N2O3S/c1-2-17-7-6-13-12-14-10-8(11(15)16)4-3-5-9(10)18-12/h8H,2-7H2,1H3,(H,13,14)(H,15,16). The molecule has 0 spiro atoms. The third kappa shape index (κ3) is 3.00. The first-order chi connectivity index (χ1) is 8.72. The first-order valence-corrected chi connectivity index (χ1v) is 7.08. The molecule has 1 aliphatic carbocycles. The highest BCUT2D eigenvalue weighted by Gasteiger charge is 2.29. The summed E-state index contributed by atoms with van der Waals surface area (Å²) in [6.07, 6.45) is 2.58. The third-order valence-electron chi connectivity index (χ3n) is 2.98. The zero-order valence-electron chi connectivity index (χ0n) is 10.4. The molecule has 6 heteroatoms. The number of carboxylic acids is 1. The van der Waals surface area contributed by atoms with Crippen molar-refractivity contribution in [2.24, 2.45) is 0 Å². The molecular weight excluding hydrogens is 252 g/mol. The quantitative estimate of drug-likeness (QED) is 0.775. The van der Waals surface area contributed by atoms with Crippen molar-refractivity contribution in [1.29, 1.82) is 0 Å². The van der Waals surface area contributed by atoms with Crippen LogP contribution in [0.4, 0.5) is 5.13 Å². The highest BCUT2D eigenvalue weighted by molar-refractivity contribution is 7.15. The van der Waals surface area contributed by atoms with E-state index in [-0.39, 0.29) is 0 Å². The number of fused-ring (bicyclic) bond motifs is 1. The molecule has 2 rings (SSSR count). The van der Waals surface area contributed by atoms with Crippen molar-refractivity contribution in [3.05, 3.63) is 10.6 Å². The van der Waals surface area contributed by atoms with E-state index in [4.69, 9.17) is 9.84 Å². The lowest BCUT2D eigenvalue weighted by Gasteiger charge is -2.16. The number of nitrogens with zero attached hydrogens (tertiary/aromatic N) is 1. The Morgan fingerprint density at radius 3 is 3.22 bits per heavy atom. The first-order valence-electron chi connectivity index (χ1n) is 6.26. The zero-order chi connectivity index (χ0) is 13.0. The predicted octanol–water partition coefficient (Wildman–Crippen LogP) is 2.10. The van der Waals surface area contributed by atoms with Crippen molar-refractivity contribution in [3.63, 3.8) is 0 Å². The van der Waals surface area contributed by atoms with Gasteiger partial charge in [0, 0.05) is 18.0 Å². The fourth-order valence-corrected chi connectivity index (χ4v) is 3.20. The van der Waals surface area contributed by atoms with Crippen LogP contribution < -0.4 is 5.32 Å². The average Bonchev–Trinajstić information content (AvgIpc) is 2.76. The second-order valence-electron chi connectivity index (χ2n) is 4.23. The molecule has 5 nitrogen and oxygen atoms in total. The van der Waals surface area contributed by atoms with Gasteiger partial charge in [0.2, 0.25) is 0 Å². The van der Waals surface area contributed by atoms with E-state index in [0.29, 0.717) is 26.2 Å². The molecule has 2 N–H and O–H groups in total. The van der Waals surface area contributed by atoms with E-state index in [9.17, 15) is 4.79 Å². The Bertz CT molecular complexity index is 419. The highest BCUT2D eigenvalue weighted by atomic mass is 32.1. The summed E-state index contributed by atoms with van der Waals surface area (Å²) in [6, 6.07) is 0. The summed E-state index contributed by atoms with van der Waals surface area (Å²) in [6.45, 7) is 4.01. The molecule has 0 saturated carbocycles. The van der Waals surface area contributed by atoms with Crippen LogP contribution in [0.5, 0.6) is 0 Å². The minimum atomic E-state index is -0.762. The third-order valence-corrected chi connectivity index (χ3v) is 4.07. The number of aromatic nitrogens is 1. The van der Waals surface area contributed by atoms with Gasteiger partial charge in [0.25, 0.3) is 0 Å². The number of aliphatic carboxylic acids is 1. The van der Waals surface area contributed by atoms with Crippen LogP contribution in [0.1, 0.15) is 36.3 Å². The topological polar surface area (TPSA) is 71.5 Å². The zero-order valence-corrected chi connectivity index (χ0v) is 11.3. The van der Waals surface area contributed by atoms with E-state index in [1.54, 1.807) is 11.3 Å². The summed E-state index contributed by atoms with van der Waals surface area (Å²) in [7, 11) is 0. The Labute approximate surface area is 110 Å². The molecule has 1 unspecified atom stereocenters. The Morgan fingerprint density at radius 2 is 2.50 bits per heavy atom. The maximum absolute atomic E-state index is 11.1. The van der Waals surface area contributed by atoms with Crippen LogP contribution in [0.2, 0.25) is 0 Å². The fraction of sp³-hybridized carbons (Fsp3) is 0.667. The summed E-state index contributed by atoms with van der Waals surface area (Å²) in [5.41, 5.74) is 0.762. The van der Waals surface area contributed by atoms with Gasteiger partial charge < -0.3 is 15.2 Å². The van der Waals surface area contributed by atoms with Gasteiger partial charge in [0.1, 0.15) is 5.92 Å². The molecule has 0 fully saturated rings. The molecule has 0 aromatic carbocycles. The molecule has 1 aromatic heterocycles. The van der Waals surface area contributed by atoms with Gasteiger partial charge in [-0.2, -0.15) is 0 Å². The number of ether oxygens (including phenoxy) is 1. The number of carbonyl (C=O) groups is 1. The van der Waals surface area contributed by atoms with Crippen LogP contribution >= 0.6 is 11.3 Å². The lowest BCUT2D eigenvalue weighted by atomic mass is 9.91.